The molecule has 1 rings (SSSR count). The van der Waals surface area contributed by atoms with Gasteiger partial charge < -0.3 is 4.43 Å². The molecule has 1 aromatic carbocycles. The Kier molecular flexibility index (Phi) is 4.03. The summed E-state index contributed by atoms with van der Waals surface area (Å²) in [4.78, 5) is 0. The van der Waals surface area contributed by atoms with Crippen LogP contribution >= 0.6 is 0 Å². The topological polar surface area (TPSA) is 9.23 Å². The third-order valence-corrected chi connectivity index (χ3v) is 2.60. The highest BCUT2D eigenvalue weighted by atomic mass is 28.4. The van der Waals surface area contributed by atoms with Gasteiger partial charge in [-0.05, 0) is 19.6 Å². The average molecular weight is 260 g/mol. The summed E-state index contributed by atoms with van der Waals surface area (Å²) in [5, 5.41) is 0. The van der Waals surface area contributed by atoms with Gasteiger partial charge in [-0.1, -0.05) is 30.3 Å². The lowest BCUT2D eigenvalue weighted by molar-refractivity contribution is -0.0801. The van der Waals surface area contributed by atoms with Crippen molar-refractivity contribution in [3.63, 3.8) is 0 Å². The Bertz CT molecular complexity index is 390. The van der Waals surface area contributed by atoms with Crippen LogP contribution in [-0.2, 0) is 4.43 Å². The van der Waals surface area contributed by atoms with Gasteiger partial charge >= 0.3 is 6.18 Å². The van der Waals surface area contributed by atoms with Crippen LogP contribution in [0.4, 0.5) is 13.2 Å². The van der Waals surface area contributed by atoms with Gasteiger partial charge in [-0.15, -0.1) is 0 Å². The number of hydrogen-bond donors (Lipinski definition) is 0. The van der Waals surface area contributed by atoms with Crippen molar-refractivity contribution in [2.45, 2.75) is 25.8 Å². The zero-order valence-electron chi connectivity index (χ0n) is 10.0. The van der Waals surface area contributed by atoms with Crippen molar-refractivity contribution in [2.24, 2.45) is 0 Å². The molecule has 0 atom stereocenters. The maximum atomic E-state index is 12.4. The monoisotopic (exact) mass is 260 g/mol. The van der Waals surface area contributed by atoms with Crippen LogP contribution in [0.5, 0.6) is 0 Å². The van der Waals surface area contributed by atoms with Crippen molar-refractivity contribution < 1.29 is 17.6 Å². The zero-order chi connectivity index (χ0) is 13.1. The third-order valence-electron chi connectivity index (χ3n) is 1.77. The van der Waals surface area contributed by atoms with Gasteiger partial charge in [0.2, 0.25) is 8.32 Å². The minimum atomic E-state index is -4.37. The molecule has 0 aliphatic carbocycles. The molecule has 0 amide bonds. The molecule has 0 spiro atoms. The van der Waals surface area contributed by atoms with E-state index in [4.69, 9.17) is 4.43 Å². The molecule has 5 heteroatoms. The number of allylic oxidation sites excluding steroid dienone is 1. The predicted molar refractivity (Wildman–Crippen MR) is 64.9 cm³/mol. The SMILES string of the molecule is C[Si](C)(C)OC(=CC(F)(F)F)c1ccccc1. The molecule has 0 N–H and O–H groups in total. The van der Waals surface area contributed by atoms with Crippen LogP contribution in [0.3, 0.4) is 0 Å². The molecule has 94 valence electrons. The smallest absolute Gasteiger partial charge is 0.413 e. The molecule has 0 aliphatic rings. The van der Waals surface area contributed by atoms with Gasteiger partial charge in [0, 0.05) is 5.56 Å². The fraction of sp³-hybridized carbons (Fsp3) is 0.333. The van der Waals surface area contributed by atoms with E-state index in [1.165, 1.54) is 0 Å². The summed E-state index contributed by atoms with van der Waals surface area (Å²) >= 11 is 0. The quantitative estimate of drug-likeness (QED) is 0.576. The van der Waals surface area contributed by atoms with Gasteiger partial charge in [0.1, 0.15) is 5.76 Å². The molecule has 0 aromatic heterocycles. The second-order valence-corrected chi connectivity index (χ2v) is 9.06. The summed E-state index contributed by atoms with van der Waals surface area (Å²) in [5.74, 6) is -0.0998. The maximum absolute atomic E-state index is 12.4. The number of halogens is 3. The molecule has 17 heavy (non-hydrogen) atoms. The molecular weight excluding hydrogens is 245 g/mol. The van der Waals surface area contributed by atoms with Gasteiger partial charge in [0.15, 0.2) is 0 Å². The molecule has 1 nitrogen and oxygen atoms in total. The lowest BCUT2D eigenvalue weighted by Crippen LogP contribution is -2.25. The lowest BCUT2D eigenvalue weighted by atomic mass is 10.2. The van der Waals surface area contributed by atoms with E-state index in [0.717, 1.165) is 0 Å². The van der Waals surface area contributed by atoms with Gasteiger partial charge in [-0.3, -0.25) is 0 Å². The first-order chi connectivity index (χ1) is 7.67. The number of benzene rings is 1. The van der Waals surface area contributed by atoms with Gasteiger partial charge in [0.05, 0.1) is 6.08 Å². The summed E-state index contributed by atoms with van der Waals surface area (Å²) in [6.45, 7) is 5.54. The van der Waals surface area contributed by atoms with Gasteiger partial charge in [-0.25, -0.2) is 0 Å². The van der Waals surface area contributed by atoms with E-state index in [9.17, 15) is 13.2 Å². The minimum absolute atomic E-state index is 0.0998. The highest BCUT2D eigenvalue weighted by Gasteiger charge is 2.28. The summed E-state index contributed by atoms with van der Waals surface area (Å²) in [7, 11) is -2.07. The molecule has 0 saturated carbocycles. The minimum Gasteiger partial charge on any atom is -0.544 e. The second-order valence-electron chi connectivity index (χ2n) is 4.63. The number of alkyl halides is 3. The number of rotatable bonds is 3. The van der Waals surface area contributed by atoms with E-state index in [1.54, 1.807) is 30.3 Å². The molecule has 1 aromatic rings. The van der Waals surface area contributed by atoms with E-state index in [1.807, 2.05) is 19.6 Å². The molecule has 0 heterocycles. The Balaban J connectivity index is 3.09. The highest BCUT2D eigenvalue weighted by molar-refractivity contribution is 6.70. The Hall–Kier alpha value is -1.23. The first-order valence-corrected chi connectivity index (χ1v) is 8.62. The van der Waals surface area contributed by atoms with Crippen LogP contribution in [0.2, 0.25) is 19.6 Å². The standard InChI is InChI=1S/C12H15F3OSi/c1-17(2,3)16-11(9-12(13,14)15)10-7-5-4-6-8-10/h4-9H,1-3H3. The van der Waals surface area contributed by atoms with Crippen molar-refractivity contribution in [3.8, 4) is 0 Å². The summed E-state index contributed by atoms with van der Waals surface area (Å²) in [6.07, 6.45) is -4.15. The summed E-state index contributed by atoms with van der Waals surface area (Å²) in [5.41, 5.74) is 0.451. The molecule has 0 fully saturated rings. The Labute approximate surface area is 100 Å². The Morgan fingerprint density at radius 1 is 1.12 bits per heavy atom. The maximum Gasteiger partial charge on any atom is 0.413 e. The van der Waals surface area contributed by atoms with E-state index in [0.29, 0.717) is 5.56 Å². The van der Waals surface area contributed by atoms with Crippen LogP contribution in [-0.4, -0.2) is 14.5 Å². The predicted octanol–water partition coefficient (Wildman–Crippen LogP) is 4.44. The summed E-state index contributed by atoms with van der Waals surface area (Å²) < 4.78 is 42.8. The van der Waals surface area contributed by atoms with Crippen molar-refractivity contribution in [3.05, 3.63) is 42.0 Å². The lowest BCUT2D eigenvalue weighted by Gasteiger charge is -2.22. The van der Waals surface area contributed by atoms with Gasteiger partial charge in [-0.2, -0.15) is 13.2 Å². The number of hydrogen-bond acceptors (Lipinski definition) is 1. The van der Waals surface area contributed by atoms with E-state index in [2.05, 4.69) is 0 Å². The molecule has 0 bridgehead atoms. The fourth-order valence-corrected chi connectivity index (χ4v) is 2.09. The van der Waals surface area contributed by atoms with Crippen LogP contribution in [0.15, 0.2) is 36.4 Å². The molecule has 0 radical (unpaired) electrons. The highest BCUT2D eigenvalue weighted by Crippen LogP contribution is 2.27. The van der Waals surface area contributed by atoms with Crippen molar-refractivity contribution in [1.82, 2.24) is 0 Å². The molecule has 0 aliphatic heterocycles. The third kappa shape index (κ3) is 5.58. The van der Waals surface area contributed by atoms with Crippen LogP contribution < -0.4 is 0 Å². The van der Waals surface area contributed by atoms with Crippen LogP contribution in [0.25, 0.3) is 5.76 Å². The Morgan fingerprint density at radius 3 is 2.06 bits per heavy atom. The molecular formula is C12H15F3OSi. The van der Waals surface area contributed by atoms with Crippen LogP contribution in [0, 0.1) is 0 Å². The first kappa shape index (κ1) is 13.8. The average Bonchev–Trinajstić information content (AvgIpc) is 2.14. The first-order valence-electron chi connectivity index (χ1n) is 5.21. The zero-order valence-corrected chi connectivity index (χ0v) is 11.0. The van der Waals surface area contributed by atoms with E-state index in [-0.39, 0.29) is 11.8 Å². The van der Waals surface area contributed by atoms with E-state index < -0.39 is 14.5 Å². The van der Waals surface area contributed by atoms with Crippen molar-refractivity contribution in [1.29, 1.82) is 0 Å². The van der Waals surface area contributed by atoms with Crippen molar-refractivity contribution >= 4 is 14.1 Å². The van der Waals surface area contributed by atoms with Crippen LogP contribution in [0.1, 0.15) is 5.56 Å². The normalized spacial score (nSPS) is 13.6. The summed E-state index contributed by atoms with van der Waals surface area (Å²) in [6, 6.07) is 8.35. The fourth-order valence-electron chi connectivity index (χ4n) is 1.25. The molecule has 0 saturated heterocycles. The largest absolute Gasteiger partial charge is 0.544 e. The van der Waals surface area contributed by atoms with E-state index >= 15 is 0 Å². The molecule has 0 unspecified atom stereocenters. The Morgan fingerprint density at radius 2 is 1.65 bits per heavy atom. The second kappa shape index (κ2) is 4.95. The van der Waals surface area contributed by atoms with Crippen molar-refractivity contribution in [2.75, 3.05) is 0 Å². The van der Waals surface area contributed by atoms with Gasteiger partial charge in [0.25, 0.3) is 0 Å².